The fourth-order valence-electron chi connectivity index (χ4n) is 5.84. The van der Waals surface area contributed by atoms with E-state index >= 15 is 0 Å². The fraction of sp³-hybridized carbons (Fsp3) is 0.244. The Labute approximate surface area is 294 Å². The predicted octanol–water partition coefficient (Wildman–Crippen LogP) is 8.12. The van der Waals surface area contributed by atoms with Crippen molar-refractivity contribution in [1.29, 1.82) is 0 Å². The summed E-state index contributed by atoms with van der Waals surface area (Å²) in [6, 6.07) is 32.9. The molecule has 0 atom stereocenters. The highest BCUT2D eigenvalue weighted by Crippen LogP contribution is 2.39. The molecule has 0 heterocycles. The van der Waals surface area contributed by atoms with Crippen LogP contribution in [0.25, 0.3) is 21.9 Å². The van der Waals surface area contributed by atoms with Crippen molar-refractivity contribution < 1.29 is 19.1 Å². The van der Waals surface area contributed by atoms with E-state index in [0.717, 1.165) is 39.6 Å². The second-order valence-electron chi connectivity index (χ2n) is 13.7. The van der Waals surface area contributed by atoms with Crippen LogP contribution in [0.1, 0.15) is 37.5 Å². The zero-order chi connectivity index (χ0) is 36.0. The number of amides is 4. The molecule has 0 saturated heterocycles. The average molecular weight is 672 g/mol. The van der Waals surface area contributed by atoms with E-state index in [0.29, 0.717) is 11.4 Å². The number of nitrogens with zero attached hydrogens (tertiary/aromatic N) is 2. The van der Waals surface area contributed by atoms with Gasteiger partial charge in [-0.2, -0.15) is 0 Å². The van der Waals surface area contributed by atoms with Crippen LogP contribution in [0.3, 0.4) is 0 Å². The van der Waals surface area contributed by atoms with Gasteiger partial charge in [-0.25, -0.2) is 4.79 Å². The number of hydrogen-bond donors (Lipinski definition) is 3. The van der Waals surface area contributed by atoms with Gasteiger partial charge in [-0.15, -0.1) is 0 Å². The van der Waals surface area contributed by atoms with E-state index in [-0.39, 0.29) is 23.4 Å². The number of methoxy groups -OCH3 is 1. The number of carbonyl (C=O) groups is 3. The molecule has 3 N–H and O–H groups in total. The number of anilines is 3. The Morgan fingerprint density at radius 1 is 0.660 bits per heavy atom. The number of carbonyl (C=O) groups excluding carboxylic acids is 3. The molecule has 5 rings (SSSR count). The zero-order valence-electron chi connectivity index (χ0n) is 29.8. The molecule has 0 aliphatic heterocycles. The molecule has 0 spiro atoms. The Morgan fingerprint density at radius 3 is 1.86 bits per heavy atom. The smallest absolute Gasteiger partial charge is 0.323 e. The summed E-state index contributed by atoms with van der Waals surface area (Å²) >= 11 is 0. The second kappa shape index (κ2) is 15.3. The van der Waals surface area contributed by atoms with Gasteiger partial charge < -0.3 is 30.5 Å². The summed E-state index contributed by atoms with van der Waals surface area (Å²) in [7, 11) is 7.13. The maximum Gasteiger partial charge on any atom is 0.323 e. The van der Waals surface area contributed by atoms with Gasteiger partial charge in [-0.3, -0.25) is 9.59 Å². The van der Waals surface area contributed by atoms with E-state index in [1.807, 2.05) is 108 Å². The number of rotatable bonds is 9. The standard InChI is InChI=1S/C41H45N5O4/c1-41(2,3)30-23-35(42-38(47)39(48)46(6)26-27-13-9-8-10-14-27)37(50-7)36(24-30)44-40(49)43-34-22-21-31(32-15-11-12-16-33(32)34)29-19-17-28(18-20-29)25-45(4)5/h8-24H,25-26H2,1-7H3,(H,42,47)(H2,43,44,49). The third kappa shape index (κ3) is 8.48. The van der Waals surface area contributed by atoms with Gasteiger partial charge in [0.2, 0.25) is 0 Å². The van der Waals surface area contributed by atoms with Crippen molar-refractivity contribution >= 4 is 45.7 Å². The molecule has 0 unspecified atom stereocenters. The first kappa shape index (κ1) is 35.6. The molecule has 0 saturated carbocycles. The van der Waals surface area contributed by atoms with Crippen molar-refractivity contribution in [2.45, 2.75) is 39.3 Å². The number of nitrogens with one attached hydrogen (secondary N) is 3. The van der Waals surface area contributed by atoms with Gasteiger partial charge in [0.25, 0.3) is 0 Å². The predicted molar refractivity (Wildman–Crippen MR) is 203 cm³/mol. The Balaban J connectivity index is 1.39. The zero-order valence-corrected chi connectivity index (χ0v) is 29.8. The minimum Gasteiger partial charge on any atom is -0.492 e. The number of urea groups is 1. The molecule has 0 aliphatic carbocycles. The molecule has 50 heavy (non-hydrogen) atoms. The number of likely N-dealkylation sites (N-methyl/N-ethyl adjacent to an activating group) is 1. The van der Waals surface area contributed by atoms with Crippen molar-refractivity contribution in [1.82, 2.24) is 9.80 Å². The van der Waals surface area contributed by atoms with Gasteiger partial charge in [0.1, 0.15) is 0 Å². The van der Waals surface area contributed by atoms with E-state index in [1.165, 1.54) is 17.6 Å². The molecule has 4 amide bonds. The molecule has 0 bridgehead atoms. The third-order valence-electron chi connectivity index (χ3n) is 8.40. The first-order valence-corrected chi connectivity index (χ1v) is 16.5. The quantitative estimate of drug-likeness (QED) is 0.137. The van der Waals surface area contributed by atoms with E-state index < -0.39 is 17.8 Å². The van der Waals surface area contributed by atoms with Crippen molar-refractivity contribution in [3.63, 3.8) is 0 Å². The molecule has 0 aromatic heterocycles. The number of hydrogen-bond acceptors (Lipinski definition) is 5. The minimum absolute atomic E-state index is 0.220. The number of benzene rings is 5. The SMILES string of the molecule is COc1c(NC(=O)Nc2ccc(-c3ccc(CN(C)C)cc3)c3ccccc23)cc(C(C)(C)C)cc1NC(=O)C(=O)N(C)Cc1ccccc1. The molecule has 9 nitrogen and oxygen atoms in total. The molecule has 0 fully saturated rings. The number of fused-ring (bicyclic) bond motifs is 1. The summed E-state index contributed by atoms with van der Waals surface area (Å²) in [4.78, 5) is 43.4. The van der Waals surface area contributed by atoms with Crippen LogP contribution < -0.4 is 20.7 Å². The highest BCUT2D eigenvalue weighted by Gasteiger charge is 2.25. The lowest BCUT2D eigenvalue weighted by molar-refractivity contribution is -0.142. The Bertz CT molecular complexity index is 2000. The summed E-state index contributed by atoms with van der Waals surface area (Å²) in [5.41, 5.74) is 5.99. The monoisotopic (exact) mass is 671 g/mol. The van der Waals surface area contributed by atoms with Crippen LogP contribution in [0.5, 0.6) is 5.75 Å². The van der Waals surface area contributed by atoms with E-state index in [4.69, 9.17) is 4.74 Å². The lowest BCUT2D eigenvalue weighted by Crippen LogP contribution is -2.36. The highest BCUT2D eigenvalue weighted by atomic mass is 16.5. The lowest BCUT2D eigenvalue weighted by atomic mass is 9.86. The summed E-state index contributed by atoms with van der Waals surface area (Å²) in [5, 5.41) is 10.6. The summed E-state index contributed by atoms with van der Waals surface area (Å²) < 4.78 is 5.71. The fourth-order valence-corrected chi connectivity index (χ4v) is 5.84. The van der Waals surface area contributed by atoms with Gasteiger partial charge in [0.05, 0.1) is 24.2 Å². The highest BCUT2D eigenvalue weighted by molar-refractivity contribution is 6.39. The summed E-state index contributed by atoms with van der Waals surface area (Å²) in [6.07, 6.45) is 0. The molecular formula is C41H45N5O4. The van der Waals surface area contributed by atoms with E-state index in [1.54, 1.807) is 13.1 Å². The third-order valence-corrected chi connectivity index (χ3v) is 8.40. The van der Waals surface area contributed by atoms with Crippen LogP contribution in [0.2, 0.25) is 0 Å². The second-order valence-corrected chi connectivity index (χ2v) is 13.7. The average Bonchev–Trinajstić information content (AvgIpc) is 3.08. The van der Waals surface area contributed by atoms with Crippen LogP contribution in [-0.2, 0) is 28.1 Å². The summed E-state index contributed by atoms with van der Waals surface area (Å²) in [5.74, 6) is -1.30. The first-order valence-electron chi connectivity index (χ1n) is 16.5. The van der Waals surface area contributed by atoms with Gasteiger partial charge in [0.15, 0.2) is 5.75 Å². The molecule has 5 aromatic rings. The normalized spacial score (nSPS) is 11.3. The van der Waals surface area contributed by atoms with Crippen LogP contribution in [-0.4, -0.2) is 55.9 Å². The number of ether oxygens (including phenoxy) is 1. The largest absolute Gasteiger partial charge is 0.492 e. The summed E-state index contributed by atoms with van der Waals surface area (Å²) in [6.45, 7) is 7.20. The maximum atomic E-state index is 13.6. The van der Waals surface area contributed by atoms with Gasteiger partial charge in [0, 0.05) is 25.5 Å². The molecular weight excluding hydrogens is 626 g/mol. The van der Waals surface area contributed by atoms with Crippen molar-refractivity contribution in [3.05, 3.63) is 120 Å². The molecule has 0 aliphatic rings. The van der Waals surface area contributed by atoms with Crippen LogP contribution >= 0.6 is 0 Å². The van der Waals surface area contributed by atoms with Crippen molar-refractivity contribution in [3.8, 4) is 16.9 Å². The Morgan fingerprint density at radius 2 is 1.24 bits per heavy atom. The van der Waals surface area contributed by atoms with Gasteiger partial charge in [-0.1, -0.05) is 106 Å². The van der Waals surface area contributed by atoms with Crippen molar-refractivity contribution in [2.75, 3.05) is 44.2 Å². The molecule has 258 valence electrons. The van der Waals surface area contributed by atoms with E-state index in [2.05, 4.69) is 45.1 Å². The van der Waals surface area contributed by atoms with E-state index in [9.17, 15) is 14.4 Å². The maximum absolute atomic E-state index is 13.6. The molecule has 9 heteroatoms. The first-order chi connectivity index (χ1) is 23.8. The van der Waals surface area contributed by atoms with Gasteiger partial charge >= 0.3 is 17.8 Å². The van der Waals surface area contributed by atoms with Gasteiger partial charge in [-0.05, 0) is 70.9 Å². The molecule has 5 aromatic carbocycles. The Hall–Kier alpha value is -5.67. The molecule has 0 radical (unpaired) electrons. The van der Waals surface area contributed by atoms with Crippen LogP contribution in [0.15, 0.2) is 103 Å². The van der Waals surface area contributed by atoms with Crippen molar-refractivity contribution in [2.24, 2.45) is 0 Å². The minimum atomic E-state index is -0.818. The Kier molecular flexibility index (Phi) is 10.9. The topological polar surface area (TPSA) is 103 Å². The lowest BCUT2D eigenvalue weighted by Gasteiger charge is -2.24. The van der Waals surface area contributed by atoms with Crippen LogP contribution in [0, 0.1) is 0 Å². The van der Waals surface area contributed by atoms with Crippen LogP contribution in [0.4, 0.5) is 21.9 Å².